The fourth-order valence-corrected chi connectivity index (χ4v) is 1.21. The number of ether oxygens (including phenoxy) is 1. The van der Waals surface area contributed by atoms with Crippen molar-refractivity contribution in [2.45, 2.75) is 13.3 Å². The predicted molar refractivity (Wildman–Crippen MR) is 59.8 cm³/mol. The maximum Gasteiger partial charge on any atom is 0.251 e. The van der Waals surface area contributed by atoms with Crippen LogP contribution in [0.5, 0.6) is 0 Å². The summed E-state index contributed by atoms with van der Waals surface area (Å²) in [5, 5.41) is 2.65. The molecule has 0 heterocycles. The maximum atomic E-state index is 12.8. The van der Waals surface area contributed by atoms with Crippen molar-refractivity contribution < 1.29 is 13.9 Å². The molecule has 0 aromatic heterocycles. The minimum absolute atomic E-state index is 0.278. The third kappa shape index (κ3) is 4.40. The molecule has 0 spiro atoms. The molecule has 0 aliphatic carbocycles. The maximum absolute atomic E-state index is 12.8. The zero-order valence-electron chi connectivity index (χ0n) is 9.33. The van der Waals surface area contributed by atoms with Gasteiger partial charge in [0.2, 0.25) is 0 Å². The molecule has 0 saturated carbocycles. The molecule has 0 atom stereocenters. The number of hydrogen-bond donors (Lipinski definition) is 1. The Morgan fingerprint density at radius 2 is 2.25 bits per heavy atom. The predicted octanol–water partition coefficient (Wildman–Crippen LogP) is 1.98. The van der Waals surface area contributed by atoms with E-state index in [0.717, 1.165) is 6.42 Å². The quantitative estimate of drug-likeness (QED) is 0.752. The zero-order chi connectivity index (χ0) is 11.8. The summed E-state index contributed by atoms with van der Waals surface area (Å²) in [7, 11) is 0. The first-order valence-electron chi connectivity index (χ1n) is 5.35. The molecule has 0 radical (unpaired) electrons. The van der Waals surface area contributed by atoms with Gasteiger partial charge in [0.25, 0.3) is 5.91 Å². The van der Waals surface area contributed by atoms with Gasteiger partial charge >= 0.3 is 0 Å². The second kappa shape index (κ2) is 6.95. The first kappa shape index (κ1) is 12.6. The molecule has 3 nitrogen and oxygen atoms in total. The summed E-state index contributed by atoms with van der Waals surface area (Å²) in [6.45, 7) is 3.63. The molecule has 1 N–H and O–H groups in total. The average Bonchev–Trinajstić information content (AvgIpc) is 2.28. The summed E-state index contributed by atoms with van der Waals surface area (Å²) in [5.41, 5.74) is 0.329. The summed E-state index contributed by atoms with van der Waals surface area (Å²) in [6.07, 6.45) is 0.956. The highest BCUT2D eigenvalue weighted by atomic mass is 19.1. The average molecular weight is 225 g/mol. The lowest BCUT2D eigenvalue weighted by molar-refractivity contribution is 0.0915. The van der Waals surface area contributed by atoms with E-state index in [-0.39, 0.29) is 5.91 Å². The molecule has 1 aromatic carbocycles. The normalized spacial score (nSPS) is 10.1. The van der Waals surface area contributed by atoms with Crippen molar-refractivity contribution in [1.29, 1.82) is 0 Å². The standard InChI is InChI=1S/C12H16FNO2/c1-2-7-16-8-6-14-12(15)10-4-3-5-11(13)9-10/h3-5,9H,2,6-8H2,1H3,(H,14,15). The van der Waals surface area contributed by atoms with Crippen molar-refractivity contribution in [3.8, 4) is 0 Å². The van der Waals surface area contributed by atoms with E-state index in [1.54, 1.807) is 6.07 Å². The van der Waals surface area contributed by atoms with Gasteiger partial charge in [0.05, 0.1) is 6.61 Å². The molecule has 0 aliphatic heterocycles. The second-order valence-corrected chi connectivity index (χ2v) is 3.38. The smallest absolute Gasteiger partial charge is 0.251 e. The Bertz CT molecular complexity index is 342. The largest absolute Gasteiger partial charge is 0.380 e. The fourth-order valence-electron chi connectivity index (χ4n) is 1.21. The van der Waals surface area contributed by atoms with E-state index in [9.17, 15) is 9.18 Å². The Balaban J connectivity index is 2.30. The molecule has 0 saturated heterocycles. The second-order valence-electron chi connectivity index (χ2n) is 3.38. The number of rotatable bonds is 6. The van der Waals surface area contributed by atoms with Crippen LogP contribution in [0, 0.1) is 5.82 Å². The molecular formula is C12H16FNO2. The van der Waals surface area contributed by atoms with Crippen molar-refractivity contribution in [1.82, 2.24) is 5.32 Å². The molecule has 0 bridgehead atoms. The van der Waals surface area contributed by atoms with Gasteiger partial charge in [-0.1, -0.05) is 13.0 Å². The molecule has 16 heavy (non-hydrogen) atoms. The number of carbonyl (C=O) groups excluding carboxylic acids is 1. The summed E-state index contributed by atoms with van der Waals surface area (Å²) < 4.78 is 18.0. The van der Waals surface area contributed by atoms with Gasteiger partial charge in [-0.3, -0.25) is 4.79 Å². The van der Waals surface area contributed by atoms with Gasteiger partial charge in [-0.05, 0) is 24.6 Å². The summed E-state index contributed by atoms with van der Waals surface area (Å²) in [6, 6.07) is 5.60. The van der Waals surface area contributed by atoms with Crippen LogP contribution in [0.15, 0.2) is 24.3 Å². The molecule has 1 aromatic rings. The number of carbonyl (C=O) groups is 1. The first-order valence-corrected chi connectivity index (χ1v) is 5.35. The number of benzene rings is 1. The third-order valence-electron chi connectivity index (χ3n) is 1.97. The molecular weight excluding hydrogens is 209 g/mol. The number of hydrogen-bond acceptors (Lipinski definition) is 2. The van der Waals surface area contributed by atoms with Crippen molar-refractivity contribution in [3.63, 3.8) is 0 Å². The van der Waals surface area contributed by atoms with Crippen LogP contribution in [-0.4, -0.2) is 25.7 Å². The zero-order valence-corrected chi connectivity index (χ0v) is 9.33. The molecule has 0 unspecified atom stereocenters. The van der Waals surface area contributed by atoms with Gasteiger partial charge in [-0.15, -0.1) is 0 Å². The number of nitrogens with one attached hydrogen (secondary N) is 1. The van der Waals surface area contributed by atoms with Crippen molar-refractivity contribution in [2.75, 3.05) is 19.8 Å². The fraction of sp³-hybridized carbons (Fsp3) is 0.417. The lowest BCUT2D eigenvalue weighted by Crippen LogP contribution is -2.27. The Hall–Kier alpha value is -1.42. The van der Waals surface area contributed by atoms with Gasteiger partial charge in [0.15, 0.2) is 0 Å². The van der Waals surface area contributed by atoms with Crippen LogP contribution in [0.4, 0.5) is 4.39 Å². The summed E-state index contributed by atoms with van der Waals surface area (Å²) in [5.74, 6) is -0.686. The van der Waals surface area contributed by atoms with Crippen molar-refractivity contribution >= 4 is 5.91 Å². The highest BCUT2D eigenvalue weighted by Gasteiger charge is 2.04. The molecule has 4 heteroatoms. The molecule has 88 valence electrons. The van der Waals surface area contributed by atoms with Gasteiger partial charge in [-0.25, -0.2) is 4.39 Å². The number of halogens is 1. The van der Waals surface area contributed by atoms with Gasteiger partial charge in [-0.2, -0.15) is 0 Å². The van der Waals surface area contributed by atoms with E-state index < -0.39 is 5.82 Å². The van der Waals surface area contributed by atoms with Crippen LogP contribution < -0.4 is 5.32 Å². The van der Waals surface area contributed by atoms with E-state index in [0.29, 0.717) is 25.3 Å². The van der Waals surface area contributed by atoms with Crippen LogP contribution in [0.3, 0.4) is 0 Å². The highest BCUT2D eigenvalue weighted by Crippen LogP contribution is 2.02. The van der Waals surface area contributed by atoms with Gasteiger partial charge in [0.1, 0.15) is 5.82 Å². The SMILES string of the molecule is CCCOCCNC(=O)c1cccc(F)c1. The Labute approximate surface area is 94.6 Å². The monoisotopic (exact) mass is 225 g/mol. The van der Waals surface area contributed by atoms with Gasteiger partial charge < -0.3 is 10.1 Å². The van der Waals surface area contributed by atoms with E-state index in [4.69, 9.17) is 4.74 Å². The summed E-state index contributed by atoms with van der Waals surface area (Å²) in [4.78, 5) is 11.5. The Kier molecular flexibility index (Phi) is 5.50. The Morgan fingerprint density at radius 1 is 1.44 bits per heavy atom. The minimum atomic E-state index is -0.408. The highest BCUT2D eigenvalue weighted by molar-refractivity contribution is 5.94. The van der Waals surface area contributed by atoms with Crippen LogP contribution >= 0.6 is 0 Å². The van der Waals surface area contributed by atoms with E-state index >= 15 is 0 Å². The van der Waals surface area contributed by atoms with Gasteiger partial charge in [0, 0.05) is 18.7 Å². The third-order valence-corrected chi connectivity index (χ3v) is 1.97. The molecule has 1 rings (SSSR count). The first-order chi connectivity index (χ1) is 7.74. The molecule has 1 amide bonds. The van der Waals surface area contributed by atoms with Crippen LogP contribution in [0.1, 0.15) is 23.7 Å². The van der Waals surface area contributed by atoms with E-state index in [1.165, 1.54) is 18.2 Å². The van der Waals surface area contributed by atoms with Crippen molar-refractivity contribution in [2.24, 2.45) is 0 Å². The van der Waals surface area contributed by atoms with Crippen LogP contribution in [0.2, 0.25) is 0 Å². The number of amides is 1. The van der Waals surface area contributed by atoms with Crippen LogP contribution in [0.25, 0.3) is 0 Å². The minimum Gasteiger partial charge on any atom is -0.380 e. The van der Waals surface area contributed by atoms with E-state index in [1.807, 2.05) is 6.92 Å². The van der Waals surface area contributed by atoms with Crippen molar-refractivity contribution in [3.05, 3.63) is 35.6 Å². The lowest BCUT2D eigenvalue weighted by Gasteiger charge is -2.05. The molecule has 0 fully saturated rings. The topological polar surface area (TPSA) is 38.3 Å². The van der Waals surface area contributed by atoms with E-state index in [2.05, 4.69) is 5.32 Å². The Morgan fingerprint density at radius 3 is 2.94 bits per heavy atom. The van der Waals surface area contributed by atoms with Crippen LogP contribution in [-0.2, 0) is 4.74 Å². The summed E-state index contributed by atoms with van der Waals surface area (Å²) >= 11 is 0. The molecule has 0 aliphatic rings. The lowest BCUT2D eigenvalue weighted by atomic mass is 10.2.